The van der Waals surface area contributed by atoms with E-state index in [0.717, 1.165) is 11.8 Å². The molecule has 15 heavy (non-hydrogen) atoms. The van der Waals surface area contributed by atoms with E-state index < -0.39 is 0 Å². The maximum Gasteiger partial charge on any atom is -0.0203 e. The summed E-state index contributed by atoms with van der Waals surface area (Å²) >= 11 is 0. The molecule has 92 valence electrons. The Morgan fingerprint density at radius 2 is 1.53 bits per heavy atom. The predicted molar refractivity (Wildman–Crippen MR) is 73.2 cm³/mol. The van der Waals surface area contributed by atoms with Crippen molar-refractivity contribution in [2.24, 2.45) is 11.8 Å². The van der Waals surface area contributed by atoms with Crippen LogP contribution in [0.15, 0.2) is 11.6 Å². The summed E-state index contributed by atoms with van der Waals surface area (Å²) in [7, 11) is 0. The van der Waals surface area contributed by atoms with Crippen molar-refractivity contribution in [1.82, 2.24) is 0 Å². The molecule has 0 aromatic carbocycles. The van der Waals surface area contributed by atoms with Gasteiger partial charge in [-0.25, -0.2) is 0 Å². The molecule has 0 N–H and O–H groups in total. The van der Waals surface area contributed by atoms with Crippen LogP contribution in [-0.2, 0) is 0 Å². The molecule has 0 radical (unpaired) electrons. The quantitative estimate of drug-likeness (QED) is 0.480. The lowest BCUT2D eigenvalue weighted by atomic mass is 9.89. The van der Waals surface area contributed by atoms with Gasteiger partial charge in [0.05, 0.1) is 0 Å². The first-order valence-corrected chi connectivity index (χ1v) is 6.55. The Balaban J connectivity index is 0. The predicted octanol–water partition coefficient (Wildman–Crippen LogP) is 5.83. The number of hydrogen-bond donors (Lipinski definition) is 0. The average Bonchev–Trinajstić information content (AvgIpc) is 3.09. The zero-order valence-electron chi connectivity index (χ0n) is 10.8. The molecule has 1 saturated carbocycles. The lowest BCUT2D eigenvalue weighted by molar-refractivity contribution is 0.503. The summed E-state index contributed by atoms with van der Waals surface area (Å²) in [6.45, 7) is 10.4. The van der Waals surface area contributed by atoms with Crippen molar-refractivity contribution in [2.45, 2.75) is 74.1 Å². The minimum atomic E-state index is 0. The molecule has 0 heteroatoms. The fourth-order valence-corrected chi connectivity index (χ4v) is 1.81. The zero-order valence-corrected chi connectivity index (χ0v) is 10.8. The van der Waals surface area contributed by atoms with Crippen LogP contribution in [0.4, 0.5) is 0 Å². The summed E-state index contributed by atoms with van der Waals surface area (Å²) in [5.74, 6) is 2.00. The summed E-state index contributed by atoms with van der Waals surface area (Å²) < 4.78 is 0. The molecule has 0 amide bonds. The molecular weight excluding hydrogens is 180 g/mol. The van der Waals surface area contributed by atoms with E-state index in [9.17, 15) is 0 Å². The molecule has 0 nitrogen and oxygen atoms in total. The van der Waals surface area contributed by atoms with Crippen molar-refractivity contribution in [1.29, 1.82) is 0 Å². The van der Waals surface area contributed by atoms with Crippen LogP contribution in [0.2, 0.25) is 0 Å². The molecular formula is C15H32. The van der Waals surface area contributed by atoms with Gasteiger partial charge in [0, 0.05) is 0 Å². The largest absolute Gasteiger partial charge is 0.0848 e. The molecule has 1 atom stereocenters. The number of rotatable bonds is 1. The third kappa shape index (κ3) is 6.76. The number of hydrogen-bond acceptors (Lipinski definition) is 0. The van der Waals surface area contributed by atoms with Gasteiger partial charge in [-0.15, -0.1) is 0 Å². The molecule has 0 spiro atoms. The van der Waals surface area contributed by atoms with E-state index in [1.165, 1.54) is 32.1 Å². The Hall–Kier alpha value is -0.260. The second kappa shape index (κ2) is 10.3. The first-order chi connectivity index (χ1) is 6.86. The molecule has 2 rings (SSSR count). The Bertz CT molecular complexity index is 151. The van der Waals surface area contributed by atoms with Crippen LogP contribution in [0.5, 0.6) is 0 Å². The summed E-state index contributed by atoms with van der Waals surface area (Å²) in [6, 6.07) is 0. The smallest absolute Gasteiger partial charge is 0.0203 e. The molecule has 0 saturated heterocycles. The SMILES string of the molecule is C.CC.CC.CC1CC=C(C2CC2)CC1. The van der Waals surface area contributed by atoms with Gasteiger partial charge < -0.3 is 0 Å². The van der Waals surface area contributed by atoms with E-state index >= 15 is 0 Å². The molecule has 0 bridgehead atoms. The third-order valence-electron chi connectivity index (χ3n) is 2.81. The van der Waals surface area contributed by atoms with E-state index in [4.69, 9.17) is 0 Å². The second-order valence-corrected chi connectivity index (χ2v) is 3.93. The van der Waals surface area contributed by atoms with Crippen molar-refractivity contribution in [3.8, 4) is 0 Å². The van der Waals surface area contributed by atoms with Crippen LogP contribution in [0.3, 0.4) is 0 Å². The minimum Gasteiger partial charge on any atom is -0.0848 e. The highest BCUT2D eigenvalue weighted by Crippen LogP contribution is 2.41. The van der Waals surface area contributed by atoms with E-state index in [0.29, 0.717) is 0 Å². The monoisotopic (exact) mass is 212 g/mol. The minimum absolute atomic E-state index is 0. The summed E-state index contributed by atoms with van der Waals surface area (Å²) in [5.41, 5.74) is 1.79. The van der Waals surface area contributed by atoms with E-state index in [1.54, 1.807) is 5.57 Å². The molecule has 1 fully saturated rings. The second-order valence-electron chi connectivity index (χ2n) is 3.93. The molecule has 2 aliphatic rings. The van der Waals surface area contributed by atoms with E-state index in [-0.39, 0.29) is 7.43 Å². The first kappa shape index (κ1) is 17.1. The zero-order chi connectivity index (χ0) is 11.0. The third-order valence-corrected chi connectivity index (χ3v) is 2.81. The highest BCUT2D eigenvalue weighted by Gasteiger charge is 2.26. The fraction of sp³-hybridized carbons (Fsp3) is 0.867. The molecule has 0 aliphatic heterocycles. The van der Waals surface area contributed by atoms with Crippen molar-refractivity contribution in [3.05, 3.63) is 11.6 Å². The maximum atomic E-state index is 2.51. The lowest BCUT2D eigenvalue weighted by Crippen LogP contribution is -2.02. The molecule has 0 heterocycles. The summed E-state index contributed by atoms with van der Waals surface area (Å²) in [5, 5.41) is 0. The van der Waals surface area contributed by atoms with Crippen LogP contribution in [0.25, 0.3) is 0 Å². The average molecular weight is 212 g/mol. The van der Waals surface area contributed by atoms with Gasteiger partial charge in [-0.2, -0.15) is 0 Å². The van der Waals surface area contributed by atoms with Crippen molar-refractivity contribution < 1.29 is 0 Å². The van der Waals surface area contributed by atoms with Gasteiger partial charge in [0.1, 0.15) is 0 Å². The van der Waals surface area contributed by atoms with Gasteiger partial charge in [-0.3, -0.25) is 0 Å². The topological polar surface area (TPSA) is 0 Å². The van der Waals surface area contributed by atoms with Gasteiger partial charge in [-0.1, -0.05) is 53.7 Å². The van der Waals surface area contributed by atoms with Gasteiger partial charge in [0.25, 0.3) is 0 Å². The normalized spacial score (nSPS) is 23.3. The molecule has 0 aromatic heterocycles. The highest BCUT2D eigenvalue weighted by molar-refractivity contribution is 5.14. The van der Waals surface area contributed by atoms with Crippen LogP contribution >= 0.6 is 0 Å². The van der Waals surface area contributed by atoms with Crippen molar-refractivity contribution in [2.75, 3.05) is 0 Å². The molecule has 1 unspecified atom stereocenters. The first-order valence-electron chi connectivity index (χ1n) is 6.55. The standard InChI is InChI=1S/C10H16.2C2H6.CH4/c1-8-2-4-9(5-3-8)10-6-7-10;2*1-2;/h4,8,10H,2-3,5-7H2,1H3;2*1-2H3;1H4. The Labute approximate surface area is 98.2 Å². The Morgan fingerprint density at radius 1 is 1.00 bits per heavy atom. The molecule has 0 aromatic rings. The fourth-order valence-electron chi connectivity index (χ4n) is 1.81. The summed E-state index contributed by atoms with van der Waals surface area (Å²) in [4.78, 5) is 0. The van der Waals surface area contributed by atoms with Gasteiger partial charge in [0.15, 0.2) is 0 Å². The lowest BCUT2D eigenvalue weighted by Gasteiger charge is -2.17. The van der Waals surface area contributed by atoms with E-state index in [2.05, 4.69) is 13.0 Å². The Kier molecular flexibility index (Phi) is 11.7. The van der Waals surface area contributed by atoms with Gasteiger partial charge in [-0.05, 0) is 43.9 Å². The van der Waals surface area contributed by atoms with Crippen LogP contribution < -0.4 is 0 Å². The Morgan fingerprint density at radius 3 is 1.87 bits per heavy atom. The van der Waals surface area contributed by atoms with Crippen molar-refractivity contribution >= 4 is 0 Å². The van der Waals surface area contributed by atoms with Crippen molar-refractivity contribution in [3.63, 3.8) is 0 Å². The van der Waals surface area contributed by atoms with Crippen LogP contribution in [-0.4, -0.2) is 0 Å². The maximum absolute atomic E-state index is 2.51. The number of allylic oxidation sites excluding steroid dienone is 2. The van der Waals surface area contributed by atoms with E-state index in [1.807, 2.05) is 27.7 Å². The summed E-state index contributed by atoms with van der Waals surface area (Å²) in [6.07, 6.45) is 9.69. The highest BCUT2D eigenvalue weighted by atomic mass is 14.3. The van der Waals surface area contributed by atoms with Gasteiger partial charge >= 0.3 is 0 Å². The van der Waals surface area contributed by atoms with Crippen LogP contribution in [0, 0.1) is 11.8 Å². The molecule has 2 aliphatic carbocycles. The van der Waals surface area contributed by atoms with Gasteiger partial charge in [0.2, 0.25) is 0 Å². The van der Waals surface area contributed by atoms with Crippen LogP contribution in [0.1, 0.15) is 74.1 Å².